The van der Waals surface area contributed by atoms with Gasteiger partial charge >= 0.3 is 0 Å². The van der Waals surface area contributed by atoms with Gasteiger partial charge in [-0.05, 0) is 18.1 Å². The number of nitrogens with two attached hydrogens (primary N) is 1. The van der Waals surface area contributed by atoms with Crippen LogP contribution in [0.15, 0.2) is 30.3 Å². The fourth-order valence-electron chi connectivity index (χ4n) is 2.69. The zero-order valence-electron chi connectivity index (χ0n) is 14.8. The Hall–Kier alpha value is -1.79. The van der Waals surface area contributed by atoms with Crippen molar-refractivity contribution in [2.24, 2.45) is 11.7 Å². The van der Waals surface area contributed by atoms with Crippen molar-refractivity contribution in [2.45, 2.75) is 38.8 Å². The van der Waals surface area contributed by atoms with Crippen molar-refractivity contribution in [3.05, 3.63) is 30.3 Å². The van der Waals surface area contributed by atoms with Crippen molar-refractivity contribution in [3.63, 3.8) is 0 Å². The highest BCUT2D eigenvalue weighted by atomic mass is 35.5. The van der Waals surface area contributed by atoms with Crippen LogP contribution in [0.5, 0.6) is 5.75 Å². The van der Waals surface area contributed by atoms with Crippen LogP contribution in [-0.4, -0.2) is 48.5 Å². The molecule has 3 unspecified atom stereocenters. The minimum Gasteiger partial charge on any atom is -0.492 e. The number of hydrogen-bond donors (Lipinski definition) is 2. The molecule has 1 aliphatic heterocycles. The molecule has 1 aliphatic rings. The van der Waals surface area contributed by atoms with E-state index in [1.165, 1.54) is 0 Å². The molecule has 0 spiro atoms. The molecule has 0 aliphatic carbocycles. The maximum atomic E-state index is 12.1. The molecule has 2 amide bonds. The Kier molecular flexibility index (Phi) is 8.72. The van der Waals surface area contributed by atoms with Crippen LogP contribution in [0.25, 0.3) is 0 Å². The van der Waals surface area contributed by atoms with Gasteiger partial charge in [-0.2, -0.15) is 0 Å². The van der Waals surface area contributed by atoms with E-state index in [4.69, 9.17) is 10.5 Å². The number of para-hydroxylation sites is 1. The number of nitrogens with zero attached hydrogens (tertiary/aromatic N) is 1. The molecule has 7 heteroatoms. The topological polar surface area (TPSA) is 84.7 Å². The Bertz CT molecular complexity index is 556. The number of carbonyl (C=O) groups is 2. The van der Waals surface area contributed by atoms with Gasteiger partial charge in [-0.1, -0.05) is 38.5 Å². The highest BCUT2D eigenvalue weighted by Crippen LogP contribution is 2.13. The fraction of sp³-hybridized carbons (Fsp3) is 0.556. The van der Waals surface area contributed by atoms with Crippen LogP contribution in [0.1, 0.15) is 26.7 Å². The minimum atomic E-state index is -0.527. The summed E-state index contributed by atoms with van der Waals surface area (Å²) in [7, 11) is 0. The number of benzene rings is 1. The van der Waals surface area contributed by atoms with Gasteiger partial charge in [0.15, 0.2) is 0 Å². The smallest absolute Gasteiger partial charge is 0.237 e. The Morgan fingerprint density at radius 2 is 2.08 bits per heavy atom. The summed E-state index contributed by atoms with van der Waals surface area (Å²) in [5.41, 5.74) is 5.93. The molecule has 140 valence electrons. The van der Waals surface area contributed by atoms with Gasteiger partial charge in [-0.15, -0.1) is 12.4 Å². The van der Waals surface area contributed by atoms with Gasteiger partial charge in [0.05, 0.1) is 18.6 Å². The second kappa shape index (κ2) is 10.3. The molecule has 0 radical (unpaired) electrons. The van der Waals surface area contributed by atoms with Crippen molar-refractivity contribution in [3.8, 4) is 5.75 Å². The summed E-state index contributed by atoms with van der Waals surface area (Å²) in [6.45, 7) is 5.42. The number of halogens is 1. The van der Waals surface area contributed by atoms with Crippen LogP contribution < -0.4 is 15.8 Å². The van der Waals surface area contributed by atoms with Crippen molar-refractivity contribution in [1.29, 1.82) is 0 Å². The van der Waals surface area contributed by atoms with E-state index in [2.05, 4.69) is 5.32 Å². The number of amides is 2. The maximum Gasteiger partial charge on any atom is 0.237 e. The van der Waals surface area contributed by atoms with Crippen LogP contribution >= 0.6 is 12.4 Å². The van der Waals surface area contributed by atoms with Crippen LogP contribution in [0, 0.1) is 5.92 Å². The summed E-state index contributed by atoms with van der Waals surface area (Å²) in [4.78, 5) is 25.9. The second-order valence-corrected chi connectivity index (χ2v) is 6.32. The van der Waals surface area contributed by atoms with Crippen molar-refractivity contribution in [1.82, 2.24) is 10.2 Å². The Labute approximate surface area is 155 Å². The predicted octanol–water partition coefficient (Wildman–Crippen LogP) is 1.58. The number of ether oxygens (including phenoxy) is 1. The van der Waals surface area contributed by atoms with Gasteiger partial charge in [0.1, 0.15) is 12.4 Å². The average Bonchev–Trinajstić information content (AvgIpc) is 2.93. The SMILES string of the molecule is CCC(C)C(N)C(=O)NC1CC(=O)N(CCOc2ccccc2)C1.Cl. The van der Waals surface area contributed by atoms with Crippen LogP contribution in [-0.2, 0) is 9.59 Å². The Morgan fingerprint density at radius 3 is 2.72 bits per heavy atom. The first kappa shape index (κ1) is 21.3. The van der Waals surface area contributed by atoms with E-state index < -0.39 is 6.04 Å². The summed E-state index contributed by atoms with van der Waals surface area (Å²) in [5.74, 6) is 0.768. The molecule has 1 aromatic carbocycles. The lowest BCUT2D eigenvalue weighted by Crippen LogP contribution is -2.49. The van der Waals surface area contributed by atoms with Crippen LogP contribution in [0.2, 0.25) is 0 Å². The molecule has 0 aromatic heterocycles. The third kappa shape index (κ3) is 6.21. The molecule has 0 bridgehead atoms. The standard InChI is InChI=1S/C18H27N3O3.ClH/c1-3-13(2)17(19)18(23)20-14-11-16(22)21(12-14)9-10-24-15-7-5-4-6-8-15;/h4-8,13-14,17H,3,9-12,19H2,1-2H3,(H,20,23);1H. The molecule has 1 aromatic rings. The molecular formula is C18H28ClN3O3. The minimum absolute atomic E-state index is 0. The van der Waals surface area contributed by atoms with Gasteiger partial charge in [-0.25, -0.2) is 0 Å². The summed E-state index contributed by atoms with van der Waals surface area (Å²) in [6, 6.07) is 8.80. The van der Waals surface area contributed by atoms with Crippen LogP contribution in [0.3, 0.4) is 0 Å². The number of nitrogens with one attached hydrogen (secondary N) is 1. The lowest BCUT2D eigenvalue weighted by Gasteiger charge is -2.21. The highest BCUT2D eigenvalue weighted by Gasteiger charge is 2.32. The first-order valence-corrected chi connectivity index (χ1v) is 8.52. The number of rotatable bonds is 8. The van der Waals surface area contributed by atoms with Crippen molar-refractivity contribution in [2.75, 3.05) is 19.7 Å². The van der Waals surface area contributed by atoms with E-state index in [-0.39, 0.29) is 36.2 Å². The van der Waals surface area contributed by atoms with Gasteiger partial charge < -0.3 is 20.7 Å². The molecule has 0 saturated carbocycles. The van der Waals surface area contributed by atoms with E-state index in [9.17, 15) is 9.59 Å². The van der Waals surface area contributed by atoms with E-state index in [0.717, 1.165) is 12.2 Å². The molecule has 1 heterocycles. The molecule has 2 rings (SSSR count). The van der Waals surface area contributed by atoms with E-state index in [1.807, 2.05) is 44.2 Å². The van der Waals surface area contributed by atoms with Crippen LogP contribution in [0.4, 0.5) is 0 Å². The average molecular weight is 370 g/mol. The lowest BCUT2D eigenvalue weighted by atomic mass is 9.99. The third-order valence-corrected chi connectivity index (χ3v) is 4.49. The summed E-state index contributed by atoms with van der Waals surface area (Å²) >= 11 is 0. The quantitative estimate of drug-likeness (QED) is 0.728. The molecule has 6 nitrogen and oxygen atoms in total. The maximum absolute atomic E-state index is 12.1. The monoisotopic (exact) mass is 369 g/mol. The lowest BCUT2D eigenvalue weighted by molar-refractivity contribution is -0.128. The Balaban J connectivity index is 0.00000312. The molecule has 3 N–H and O–H groups in total. The number of likely N-dealkylation sites (tertiary alicyclic amines) is 1. The third-order valence-electron chi connectivity index (χ3n) is 4.49. The van der Waals surface area contributed by atoms with Gasteiger partial charge in [0, 0.05) is 13.0 Å². The summed E-state index contributed by atoms with van der Waals surface area (Å²) in [5, 5.41) is 2.90. The number of hydrogen-bond acceptors (Lipinski definition) is 4. The fourth-order valence-corrected chi connectivity index (χ4v) is 2.69. The highest BCUT2D eigenvalue weighted by molar-refractivity contribution is 5.85. The van der Waals surface area contributed by atoms with E-state index in [1.54, 1.807) is 4.90 Å². The van der Waals surface area contributed by atoms with Gasteiger partial charge in [-0.3, -0.25) is 9.59 Å². The summed E-state index contributed by atoms with van der Waals surface area (Å²) in [6.07, 6.45) is 1.17. The molecule has 25 heavy (non-hydrogen) atoms. The predicted molar refractivity (Wildman–Crippen MR) is 99.7 cm³/mol. The first-order chi connectivity index (χ1) is 11.5. The van der Waals surface area contributed by atoms with E-state index >= 15 is 0 Å². The molecule has 1 saturated heterocycles. The summed E-state index contributed by atoms with van der Waals surface area (Å²) < 4.78 is 5.62. The molecule has 1 fully saturated rings. The first-order valence-electron chi connectivity index (χ1n) is 8.52. The largest absolute Gasteiger partial charge is 0.492 e. The zero-order chi connectivity index (χ0) is 17.5. The Morgan fingerprint density at radius 1 is 1.40 bits per heavy atom. The molecule has 3 atom stereocenters. The van der Waals surface area contributed by atoms with Gasteiger partial charge in [0.2, 0.25) is 11.8 Å². The second-order valence-electron chi connectivity index (χ2n) is 6.32. The zero-order valence-corrected chi connectivity index (χ0v) is 15.6. The van der Waals surface area contributed by atoms with Crippen molar-refractivity contribution < 1.29 is 14.3 Å². The molecular weight excluding hydrogens is 342 g/mol. The van der Waals surface area contributed by atoms with Gasteiger partial charge in [0.25, 0.3) is 0 Å². The normalized spacial score (nSPS) is 19.1. The number of carbonyl (C=O) groups excluding carboxylic acids is 2. The van der Waals surface area contributed by atoms with Crippen molar-refractivity contribution >= 4 is 24.2 Å². The van der Waals surface area contributed by atoms with E-state index in [0.29, 0.717) is 26.1 Å².